The van der Waals surface area contributed by atoms with Crippen LogP contribution in [0.1, 0.15) is 25.8 Å². The van der Waals surface area contributed by atoms with Crippen LogP contribution in [0.5, 0.6) is 5.75 Å². The van der Waals surface area contributed by atoms with Gasteiger partial charge in [-0.1, -0.05) is 26.3 Å². The van der Waals surface area contributed by atoms with E-state index in [0.29, 0.717) is 24.3 Å². The van der Waals surface area contributed by atoms with E-state index in [9.17, 15) is 4.39 Å². The van der Waals surface area contributed by atoms with E-state index in [-0.39, 0.29) is 5.82 Å². The van der Waals surface area contributed by atoms with Gasteiger partial charge in [0.05, 0.1) is 0 Å². The smallest absolute Gasteiger partial charge is 0.126 e. The quantitative estimate of drug-likeness (QED) is 0.823. The maximum absolute atomic E-state index is 13.1. The van der Waals surface area contributed by atoms with Gasteiger partial charge in [-0.3, -0.25) is 0 Å². The Morgan fingerprint density at radius 3 is 2.71 bits per heavy atom. The van der Waals surface area contributed by atoms with Crippen LogP contribution in [0.4, 0.5) is 4.39 Å². The van der Waals surface area contributed by atoms with Crippen LogP contribution in [0.3, 0.4) is 0 Å². The second-order valence-corrected chi connectivity index (χ2v) is 4.50. The molecule has 0 aliphatic rings. The Morgan fingerprint density at radius 1 is 1.41 bits per heavy atom. The van der Waals surface area contributed by atoms with E-state index in [4.69, 9.17) is 4.74 Å². The highest BCUT2D eigenvalue weighted by Crippen LogP contribution is 2.19. The second kappa shape index (κ2) is 6.60. The maximum atomic E-state index is 13.1. The van der Waals surface area contributed by atoms with Crippen molar-refractivity contribution >= 4 is 0 Å². The number of ether oxygens (including phenoxy) is 1. The fourth-order valence-electron chi connectivity index (χ4n) is 1.73. The summed E-state index contributed by atoms with van der Waals surface area (Å²) in [7, 11) is 1.93. The minimum Gasteiger partial charge on any atom is -0.492 e. The molecule has 0 fully saturated rings. The number of nitrogens with one attached hydrogen (secondary N) is 1. The molecule has 2 atom stereocenters. The zero-order valence-electron chi connectivity index (χ0n) is 11.1. The summed E-state index contributed by atoms with van der Waals surface area (Å²) in [5.74, 6) is 0.914. The lowest BCUT2D eigenvalue weighted by atomic mass is 10.0. The predicted molar refractivity (Wildman–Crippen MR) is 68.9 cm³/mol. The molecule has 0 saturated carbocycles. The largest absolute Gasteiger partial charge is 0.492 e. The van der Waals surface area contributed by atoms with Crippen molar-refractivity contribution in [2.24, 2.45) is 5.92 Å². The number of hydrogen-bond donors (Lipinski definition) is 1. The lowest BCUT2D eigenvalue weighted by Gasteiger charge is -2.23. The molecule has 0 spiro atoms. The van der Waals surface area contributed by atoms with Crippen molar-refractivity contribution in [2.45, 2.75) is 33.2 Å². The number of aryl methyl sites for hydroxylation is 1. The van der Waals surface area contributed by atoms with Crippen molar-refractivity contribution in [3.63, 3.8) is 0 Å². The van der Waals surface area contributed by atoms with Crippen LogP contribution in [-0.2, 0) is 0 Å². The molecule has 0 aliphatic heterocycles. The number of rotatable bonds is 6. The Bertz CT molecular complexity index is 354. The Labute approximate surface area is 103 Å². The van der Waals surface area contributed by atoms with Gasteiger partial charge in [-0.2, -0.15) is 0 Å². The van der Waals surface area contributed by atoms with Crippen molar-refractivity contribution in [1.82, 2.24) is 5.32 Å². The van der Waals surface area contributed by atoms with Crippen molar-refractivity contribution in [3.05, 3.63) is 29.6 Å². The first kappa shape index (κ1) is 14.0. The molecule has 0 heterocycles. The summed E-state index contributed by atoms with van der Waals surface area (Å²) < 4.78 is 18.8. The highest BCUT2D eigenvalue weighted by molar-refractivity contribution is 5.32. The van der Waals surface area contributed by atoms with Gasteiger partial charge in [-0.15, -0.1) is 0 Å². The third-order valence-electron chi connectivity index (χ3n) is 3.27. The first-order valence-corrected chi connectivity index (χ1v) is 6.14. The zero-order valence-corrected chi connectivity index (χ0v) is 11.1. The number of halogens is 1. The predicted octanol–water partition coefficient (Wildman–Crippen LogP) is 3.15. The molecule has 1 rings (SSSR count). The van der Waals surface area contributed by atoms with E-state index < -0.39 is 0 Å². The van der Waals surface area contributed by atoms with Crippen molar-refractivity contribution in [3.8, 4) is 5.75 Å². The van der Waals surface area contributed by atoms with Crippen LogP contribution in [0.25, 0.3) is 0 Å². The van der Waals surface area contributed by atoms with E-state index in [1.165, 1.54) is 12.1 Å². The van der Waals surface area contributed by atoms with Gasteiger partial charge in [0.2, 0.25) is 0 Å². The van der Waals surface area contributed by atoms with E-state index in [1.54, 1.807) is 6.07 Å². The van der Waals surface area contributed by atoms with Crippen molar-refractivity contribution in [2.75, 3.05) is 13.7 Å². The Hall–Kier alpha value is -1.09. The Morgan fingerprint density at radius 2 is 2.12 bits per heavy atom. The minimum absolute atomic E-state index is 0.254. The average molecular weight is 239 g/mol. The van der Waals surface area contributed by atoms with Gasteiger partial charge in [-0.05, 0) is 31.5 Å². The molecular weight excluding hydrogens is 217 g/mol. The number of likely N-dealkylation sites (N-methyl/N-ethyl adjacent to an activating group) is 1. The first-order valence-electron chi connectivity index (χ1n) is 6.14. The second-order valence-electron chi connectivity index (χ2n) is 4.50. The van der Waals surface area contributed by atoms with Crippen LogP contribution in [0, 0.1) is 18.7 Å². The summed E-state index contributed by atoms with van der Waals surface area (Å²) in [5, 5.41) is 3.24. The molecule has 0 aliphatic carbocycles. The van der Waals surface area contributed by atoms with Crippen molar-refractivity contribution < 1.29 is 9.13 Å². The van der Waals surface area contributed by atoms with Crippen LogP contribution >= 0.6 is 0 Å². The molecule has 3 heteroatoms. The fraction of sp³-hybridized carbons (Fsp3) is 0.571. The van der Waals surface area contributed by atoms with Gasteiger partial charge in [0.15, 0.2) is 0 Å². The molecule has 1 aromatic carbocycles. The number of hydrogen-bond acceptors (Lipinski definition) is 2. The van der Waals surface area contributed by atoms with Gasteiger partial charge in [0, 0.05) is 12.1 Å². The molecule has 0 bridgehead atoms. The van der Waals surface area contributed by atoms with Crippen molar-refractivity contribution in [1.29, 1.82) is 0 Å². The molecule has 1 N–H and O–H groups in total. The van der Waals surface area contributed by atoms with E-state index >= 15 is 0 Å². The van der Waals surface area contributed by atoms with Gasteiger partial charge in [0.1, 0.15) is 18.2 Å². The molecule has 96 valence electrons. The lowest BCUT2D eigenvalue weighted by Crippen LogP contribution is -2.37. The molecule has 0 saturated heterocycles. The van der Waals surface area contributed by atoms with Gasteiger partial charge in [0.25, 0.3) is 0 Å². The highest BCUT2D eigenvalue weighted by Gasteiger charge is 2.14. The van der Waals surface area contributed by atoms with Gasteiger partial charge in [-0.25, -0.2) is 4.39 Å². The molecule has 1 aromatic rings. The van der Waals surface area contributed by atoms with Crippen LogP contribution in [-0.4, -0.2) is 19.7 Å². The van der Waals surface area contributed by atoms with Gasteiger partial charge < -0.3 is 10.1 Å². The monoisotopic (exact) mass is 239 g/mol. The molecular formula is C14H22FNO. The van der Waals surface area contributed by atoms with E-state index in [1.807, 2.05) is 14.0 Å². The number of benzene rings is 1. The van der Waals surface area contributed by atoms with Gasteiger partial charge >= 0.3 is 0 Å². The third kappa shape index (κ3) is 4.00. The first-order chi connectivity index (χ1) is 8.08. The van der Waals surface area contributed by atoms with Crippen LogP contribution < -0.4 is 10.1 Å². The molecule has 0 radical (unpaired) electrons. The topological polar surface area (TPSA) is 21.3 Å². The van der Waals surface area contributed by atoms with Crippen LogP contribution in [0.2, 0.25) is 0 Å². The summed E-state index contributed by atoms with van der Waals surface area (Å²) in [5.41, 5.74) is 0.963. The standard InChI is InChI=1S/C14H22FNO/c1-5-10(2)13(16-4)9-17-14-8-12(15)7-6-11(14)3/h6-8,10,13,16H,5,9H2,1-4H3. The lowest BCUT2D eigenvalue weighted by molar-refractivity contribution is 0.226. The summed E-state index contributed by atoms with van der Waals surface area (Å²) in [4.78, 5) is 0. The summed E-state index contributed by atoms with van der Waals surface area (Å²) >= 11 is 0. The Kier molecular flexibility index (Phi) is 5.42. The Balaban J connectivity index is 2.62. The molecule has 17 heavy (non-hydrogen) atoms. The molecule has 2 nitrogen and oxygen atoms in total. The third-order valence-corrected chi connectivity index (χ3v) is 3.27. The molecule has 2 unspecified atom stereocenters. The summed E-state index contributed by atoms with van der Waals surface area (Å²) in [6, 6.07) is 4.93. The zero-order chi connectivity index (χ0) is 12.8. The summed E-state index contributed by atoms with van der Waals surface area (Å²) in [6.45, 7) is 6.83. The SMILES string of the molecule is CCC(C)C(COc1cc(F)ccc1C)NC. The molecule has 0 aromatic heterocycles. The maximum Gasteiger partial charge on any atom is 0.126 e. The fourth-order valence-corrected chi connectivity index (χ4v) is 1.73. The average Bonchev–Trinajstić information content (AvgIpc) is 2.33. The van der Waals surface area contributed by atoms with E-state index in [0.717, 1.165) is 12.0 Å². The van der Waals surface area contributed by atoms with E-state index in [2.05, 4.69) is 19.2 Å². The molecule has 0 amide bonds. The minimum atomic E-state index is -0.254. The summed E-state index contributed by atoms with van der Waals surface area (Å²) in [6.07, 6.45) is 1.09. The highest BCUT2D eigenvalue weighted by atomic mass is 19.1. The normalized spacial score (nSPS) is 14.4. The van der Waals surface area contributed by atoms with Crippen LogP contribution in [0.15, 0.2) is 18.2 Å².